The van der Waals surface area contributed by atoms with Crippen LogP contribution in [0.4, 0.5) is 5.69 Å². The summed E-state index contributed by atoms with van der Waals surface area (Å²) in [6, 6.07) is 15.9. The number of amides is 3. The largest absolute Gasteiger partial charge is 0.368 e. The molecule has 0 saturated carbocycles. The van der Waals surface area contributed by atoms with Gasteiger partial charge < -0.3 is 19.9 Å². The molecule has 2 aromatic carbocycles. The molecule has 30 heavy (non-hydrogen) atoms. The SMILES string of the molecule is O=C(Nc1ccc(C(=O)N2CCN(C(=O)C3CCCO3)CC2)cc1)c1ccccc1. The lowest BCUT2D eigenvalue weighted by atomic mass is 10.1. The molecule has 0 aliphatic carbocycles. The molecule has 3 amide bonds. The summed E-state index contributed by atoms with van der Waals surface area (Å²) in [5.41, 5.74) is 1.77. The van der Waals surface area contributed by atoms with Gasteiger partial charge in [0.05, 0.1) is 0 Å². The molecule has 2 aromatic rings. The van der Waals surface area contributed by atoms with Crippen molar-refractivity contribution in [2.75, 3.05) is 38.1 Å². The van der Waals surface area contributed by atoms with Crippen LogP contribution in [-0.2, 0) is 9.53 Å². The van der Waals surface area contributed by atoms with Gasteiger partial charge in [0.2, 0.25) is 0 Å². The van der Waals surface area contributed by atoms with E-state index in [2.05, 4.69) is 5.32 Å². The maximum Gasteiger partial charge on any atom is 0.255 e. The Morgan fingerprint density at radius 3 is 2.13 bits per heavy atom. The van der Waals surface area contributed by atoms with Crippen molar-refractivity contribution < 1.29 is 19.1 Å². The summed E-state index contributed by atoms with van der Waals surface area (Å²) in [6.07, 6.45) is 1.40. The predicted octanol–water partition coefficient (Wildman–Crippen LogP) is 2.40. The molecule has 0 spiro atoms. The number of rotatable bonds is 4. The van der Waals surface area contributed by atoms with Crippen LogP contribution in [-0.4, -0.2) is 66.4 Å². The number of nitrogens with one attached hydrogen (secondary N) is 1. The van der Waals surface area contributed by atoms with Crippen molar-refractivity contribution in [1.29, 1.82) is 0 Å². The molecule has 1 atom stereocenters. The van der Waals surface area contributed by atoms with Crippen LogP contribution in [0.3, 0.4) is 0 Å². The van der Waals surface area contributed by atoms with Crippen molar-refractivity contribution in [3.63, 3.8) is 0 Å². The Balaban J connectivity index is 1.31. The highest BCUT2D eigenvalue weighted by Gasteiger charge is 2.31. The summed E-state index contributed by atoms with van der Waals surface area (Å²) >= 11 is 0. The minimum absolute atomic E-state index is 0.0399. The topological polar surface area (TPSA) is 79.0 Å². The van der Waals surface area contributed by atoms with Crippen molar-refractivity contribution >= 4 is 23.4 Å². The van der Waals surface area contributed by atoms with E-state index in [1.54, 1.807) is 46.2 Å². The molecule has 2 fully saturated rings. The Hall–Kier alpha value is -3.19. The molecule has 2 aliphatic rings. The van der Waals surface area contributed by atoms with E-state index in [4.69, 9.17) is 4.74 Å². The molecule has 0 aromatic heterocycles. The van der Waals surface area contributed by atoms with Crippen molar-refractivity contribution in [2.45, 2.75) is 18.9 Å². The van der Waals surface area contributed by atoms with Gasteiger partial charge in [-0.2, -0.15) is 0 Å². The first-order chi connectivity index (χ1) is 14.6. The van der Waals surface area contributed by atoms with Crippen molar-refractivity contribution in [3.05, 3.63) is 65.7 Å². The van der Waals surface area contributed by atoms with Crippen molar-refractivity contribution in [3.8, 4) is 0 Å². The van der Waals surface area contributed by atoms with E-state index < -0.39 is 0 Å². The van der Waals surface area contributed by atoms with Crippen LogP contribution in [0.5, 0.6) is 0 Å². The van der Waals surface area contributed by atoms with Gasteiger partial charge in [0.25, 0.3) is 17.7 Å². The summed E-state index contributed by atoms with van der Waals surface area (Å²) < 4.78 is 5.48. The smallest absolute Gasteiger partial charge is 0.255 e. The summed E-state index contributed by atoms with van der Waals surface area (Å²) in [6.45, 7) is 2.70. The minimum Gasteiger partial charge on any atom is -0.368 e. The van der Waals surface area contributed by atoms with Crippen LogP contribution in [0.2, 0.25) is 0 Å². The first-order valence-electron chi connectivity index (χ1n) is 10.3. The van der Waals surface area contributed by atoms with E-state index in [1.165, 1.54) is 0 Å². The van der Waals surface area contributed by atoms with E-state index in [0.29, 0.717) is 49.6 Å². The zero-order valence-electron chi connectivity index (χ0n) is 16.8. The van der Waals surface area contributed by atoms with E-state index in [0.717, 1.165) is 12.8 Å². The van der Waals surface area contributed by atoms with Gasteiger partial charge in [-0.1, -0.05) is 18.2 Å². The van der Waals surface area contributed by atoms with Crippen LogP contribution in [0.15, 0.2) is 54.6 Å². The standard InChI is InChI=1S/C23H25N3O4/c27-21(17-5-2-1-3-6-17)24-19-10-8-18(9-11-19)22(28)25-12-14-26(15-13-25)23(29)20-7-4-16-30-20/h1-3,5-6,8-11,20H,4,7,12-16H2,(H,24,27). The molecule has 4 rings (SSSR count). The van der Waals surface area contributed by atoms with E-state index in [1.807, 2.05) is 18.2 Å². The van der Waals surface area contributed by atoms with Crippen LogP contribution >= 0.6 is 0 Å². The normalized spacial score (nSPS) is 18.9. The summed E-state index contributed by atoms with van der Waals surface area (Å²) in [7, 11) is 0. The second-order valence-corrected chi connectivity index (χ2v) is 7.52. The number of benzene rings is 2. The highest BCUT2D eigenvalue weighted by Crippen LogP contribution is 2.18. The minimum atomic E-state index is -0.314. The van der Waals surface area contributed by atoms with Gasteiger partial charge in [0.1, 0.15) is 6.10 Å². The molecule has 1 unspecified atom stereocenters. The fraction of sp³-hybridized carbons (Fsp3) is 0.348. The van der Waals surface area contributed by atoms with E-state index >= 15 is 0 Å². The first kappa shape index (κ1) is 20.1. The molecule has 2 heterocycles. The summed E-state index contributed by atoms with van der Waals surface area (Å²) in [5, 5.41) is 2.83. The molecule has 7 nitrogen and oxygen atoms in total. The Bertz CT molecular complexity index is 900. The lowest BCUT2D eigenvalue weighted by molar-refractivity contribution is -0.142. The Kier molecular flexibility index (Phi) is 6.09. The lowest BCUT2D eigenvalue weighted by Gasteiger charge is -2.35. The number of carbonyl (C=O) groups excluding carboxylic acids is 3. The molecule has 2 aliphatic heterocycles. The van der Waals surface area contributed by atoms with Gasteiger partial charge in [0, 0.05) is 49.6 Å². The fourth-order valence-electron chi connectivity index (χ4n) is 3.78. The van der Waals surface area contributed by atoms with Gasteiger partial charge in [-0.05, 0) is 49.2 Å². The maximum absolute atomic E-state index is 12.8. The van der Waals surface area contributed by atoms with Gasteiger partial charge in [-0.15, -0.1) is 0 Å². The quantitative estimate of drug-likeness (QED) is 0.844. The van der Waals surface area contributed by atoms with Crippen LogP contribution in [0.25, 0.3) is 0 Å². The Morgan fingerprint density at radius 1 is 0.833 bits per heavy atom. The highest BCUT2D eigenvalue weighted by atomic mass is 16.5. The van der Waals surface area contributed by atoms with Crippen LogP contribution < -0.4 is 5.32 Å². The molecule has 2 saturated heterocycles. The summed E-state index contributed by atoms with van der Waals surface area (Å²) in [4.78, 5) is 41.0. The van der Waals surface area contributed by atoms with E-state index in [9.17, 15) is 14.4 Å². The van der Waals surface area contributed by atoms with Gasteiger partial charge >= 0.3 is 0 Å². The molecule has 1 N–H and O–H groups in total. The molecule has 0 radical (unpaired) electrons. The van der Waals surface area contributed by atoms with Gasteiger partial charge in [0.15, 0.2) is 0 Å². The molecule has 156 valence electrons. The molecule has 0 bridgehead atoms. The third-order valence-corrected chi connectivity index (χ3v) is 5.51. The molecular weight excluding hydrogens is 382 g/mol. The monoisotopic (exact) mass is 407 g/mol. The van der Waals surface area contributed by atoms with Crippen LogP contribution in [0.1, 0.15) is 33.6 Å². The average molecular weight is 407 g/mol. The van der Waals surface area contributed by atoms with Crippen molar-refractivity contribution in [2.24, 2.45) is 0 Å². The highest BCUT2D eigenvalue weighted by molar-refractivity contribution is 6.04. The zero-order chi connectivity index (χ0) is 20.9. The predicted molar refractivity (Wildman–Crippen MR) is 112 cm³/mol. The first-order valence-corrected chi connectivity index (χ1v) is 10.3. The third-order valence-electron chi connectivity index (χ3n) is 5.51. The van der Waals surface area contributed by atoms with E-state index in [-0.39, 0.29) is 23.8 Å². The number of hydrogen-bond donors (Lipinski definition) is 1. The van der Waals surface area contributed by atoms with Gasteiger partial charge in [-0.3, -0.25) is 14.4 Å². The Labute approximate surface area is 175 Å². The third kappa shape index (κ3) is 4.52. The average Bonchev–Trinajstić information content (AvgIpc) is 3.34. The number of hydrogen-bond acceptors (Lipinski definition) is 4. The van der Waals surface area contributed by atoms with Crippen LogP contribution in [0, 0.1) is 0 Å². The fourth-order valence-corrected chi connectivity index (χ4v) is 3.78. The number of carbonyl (C=O) groups is 3. The number of ether oxygens (including phenoxy) is 1. The Morgan fingerprint density at radius 2 is 1.50 bits per heavy atom. The second-order valence-electron chi connectivity index (χ2n) is 7.52. The maximum atomic E-state index is 12.8. The van der Waals surface area contributed by atoms with Gasteiger partial charge in [-0.25, -0.2) is 0 Å². The van der Waals surface area contributed by atoms with Crippen molar-refractivity contribution in [1.82, 2.24) is 9.80 Å². The molecule has 7 heteroatoms. The zero-order valence-corrected chi connectivity index (χ0v) is 16.8. The number of piperazine rings is 1. The summed E-state index contributed by atoms with van der Waals surface area (Å²) in [5.74, 6) is -0.222. The number of nitrogens with zero attached hydrogens (tertiary/aromatic N) is 2. The molecular formula is C23H25N3O4. The lowest BCUT2D eigenvalue weighted by Crippen LogP contribution is -2.52. The second kappa shape index (κ2) is 9.09. The number of anilines is 1.